The van der Waals surface area contributed by atoms with Gasteiger partial charge in [0.2, 0.25) is 5.91 Å². The van der Waals surface area contributed by atoms with Crippen molar-refractivity contribution in [3.63, 3.8) is 0 Å². The molecule has 1 aliphatic rings. The fourth-order valence-corrected chi connectivity index (χ4v) is 3.15. The van der Waals surface area contributed by atoms with E-state index in [4.69, 9.17) is 4.74 Å². The molecule has 0 N–H and O–H groups in total. The molecule has 132 valence electrons. The topological polar surface area (TPSA) is 32.8 Å². The van der Waals surface area contributed by atoms with Crippen LogP contribution in [0.4, 0.5) is 0 Å². The van der Waals surface area contributed by atoms with Gasteiger partial charge in [-0.25, -0.2) is 0 Å². The third-order valence-electron chi connectivity index (χ3n) is 4.56. The molecule has 0 spiro atoms. The third kappa shape index (κ3) is 5.07. The smallest absolute Gasteiger partial charge is 0.227 e. The number of carbonyl (C=O) groups is 1. The predicted octanol–water partition coefficient (Wildman–Crippen LogP) is 2.97. The highest BCUT2D eigenvalue weighted by Crippen LogP contribution is 2.14. The maximum atomic E-state index is 12.5. The van der Waals surface area contributed by atoms with Gasteiger partial charge in [-0.15, -0.1) is 0 Å². The highest BCUT2D eigenvalue weighted by Gasteiger charge is 2.21. The zero-order chi connectivity index (χ0) is 17.5. The van der Waals surface area contributed by atoms with Gasteiger partial charge in [0, 0.05) is 32.7 Å². The molecular weight excluding hydrogens is 312 g/mol. The zero-order valence-corrected chi connectivity index (χ0v) is 14.9. The Bertz CT molecular complexity index is 662. The van der Waals surface area contributed by atoms with Crippen molar-refractivity contribution >= 4 is 5.91 Å². The second kappa shape index (κ2) is 8.67. The number of piperazine rings is 1. The maximum absolute atomic E-state index is 12.5. The van der Waals surface area contributed by atoms with E-state index in [0.717, 1.165) is 44.0 Å². The van der Waals surface area contributed by atoms with Crippen molar-refractivity contribution in [2.45, 2.75) is 19.9 Å². The number of hydrogen-bond donors (Lipinski definition) is 0. The molecule has 1 saturated heterocycles. The second-order valence-corrected chi connectivity index (χ2v) is 6.40. The van der Waals surface area contributed by atoms with Crippen LogP contribution in [-0.4, -0.2) is 48.5 Å². The average Bonchev–Trinajstić information content (AvgIpc) is 2.65. The van der Waals surface area contributed by atoms with Crippen LogP contribution in [-0.2, 0) is 17.8 Å². The molecule has 0 saturated carbocycles. The second-order valence-electron chi connectivity index (χ2n) is 6.40. The molecule has 0 unspecified atom stereocenters. The summed E-state index contributed by atoms with van der Waals surface area (Å²) in [7, 11) is 0. The van der Waals surface area contributed by atoms with E-state index in [2.05, 4.69) is 29.2 Å². The third-order valence-corrected chi connectivity index (χ3v) is 4.56. The van der Waals surface area contributed by atoms with E-state index in [1.165, 1.54) is 5.56 Å². The molecule has 1 fully saturated rings. The molecular formula is C21H26N2O2. The van der Waals surface area contributed by atoms with E-state index >= 15 is 0 Å². The fraction of sp³-hybridized carbons (Fsp3) is 0.381. The minimum atomic E-state index is 0.212. The number of carbonyl (C=O) groups excluding carboxylic acids is 1. The van der Waals surface area contributed by atoms with E-state index in [1.54, 1.807) is 0 Å². The first-order valence-electron chi connectivity index (χ1n) is 9.00. The van der Waals surface area contributed by atoms with Gasteiger partial charge in [-0.05, 0) is 30.2 Å². The van der Waals surface area contributed by atoms with Crippen molar-refractivity contribution < 1.29 is 9.53 Å². The number of ether oxygens (including phenoxy) is 1. The molecule has 3 rings (SSSR count). The van der Waals surface area contributed by atoms with Crippen LogP contribution in [0.15, 0.2) is 54.6 Å². The Labute approximate surface area is 150 Å². The number of amides is 1. The first-order valence-corrected chi connectivity index (χ1v) is 9.00. The van der Waals surface area contributed by atoms with Gasteiger partial charge >= 0.3 is 0 Å². The van der Waals surface area contributed by atoms with Gasteiger partial charge in [0.1, 0.15) is 5.75 Å². The Morgan fingerprint density at radius 2 is 1.60 bits per heavy atom. The molecule has 2 aromatic carbocycles. The number of rotatable bonds is 6. The number of nitrogens with zero attached hydrogens (tertiary/aromatic N) is 2. The van der Waals surface area contributed by atoms with E-state index in [9.17, 15) is 4.79 Å². The van der Waals surface area contributed by atoms with Crippen LogP contribution in [0.2, 0.25) is 0 Å². The summed E-state index contributed by atoms with van der Waals surface area (Å²) in [4.78, 5) is 16.9. The van der Waals surface area contributed by atoms with Crippen LogP contribution in [0.1, 0.15) is 18.1 Å². The molecule has 0 bridgehead atoms. The van der Waals surface area contributed by atoms with Gasteiger partial charge in [0.15, 0.2) is 0 Å². The summed E-state index contributed by atoms with van der Waals surface area (Å²) in [5.41, 5.74) is 2.37. The molecule has 0 radical (unpaired) electrons. The summed E-state index contributed by atoms with van der Waals surface area (Å²) in [6, 6.07) is 18.3. The molecule has 0 atom stereocenters. The highest BCUT2D eigenvalue weighted by atomic mass is 16.5. The molecule has 1 heterocycles. The number of benzene rings is 2. The van der Waals surface area contributed by atoms with Crippen LogP contribution in [0.3, 0.4) is 0 Å². The normalized spacial score (nSPS) is 15.2. The van der Waals surface area contributed by atoms with Crippen LogP contribution in [0, 0.1) is 0 Å². The summed E-state index contributed by atoms with van der Waals surface area (Å²) >= 11 is 0. The standard InChI is InChI=1S/C21H26N2O2/c1-2-25-20-10-8-18(9-11-20)16-21(24)23-14-12-22(13-15-23)17-19-6-4-3-5-7-19/h3-11H,2,12-17H2,1H3. The summed E-state index contributed by atoms with van der Waals surface area (Å²) < 4.78 is 5.44. The Morgan fingerprint density at radius 1 is 0.920 bits per heavy atom. The van der Waals surface area contributed by atoms with Crippen LogP contribution in [0.25, 0.3) is 0 Å². The summed E-state index contributed by atoms with van der Waals surface area (Å²) in [5.74, 6) is 1.07. The molecule has 4 nitrogen and oxygen atoms in total. The van der Waals surface area contributed by atoms with Crippen LogP contribution >= 0.6 is 0 Å². The van der Waals surface area contributed by atoms with Gasteiger partial charge in [-0.3, -0.25) is 9.69 Å². The molecule has 1 amide bonds. The Balaban J connectivity index is 1.46. The predicted molar refractivity (Wildman–Crippen MR) is 99.6 cm³/mol. The lowest BCUT2D eigenvalue weighted by Gasteiger charge is -2.34. The van der Waals surface area contributed by atoms with Crippen molar-refractivity contribution in [3.8, 4) is 5.75 Å². The fourth-order valence-electron chi connectivity index (χ4n) is 3.15. The van der Waals surface area contributed by atoms with Crippen molar-refractivity contribution in [2.75, 3.05) is 32.8 Å². The van der Waals surface area contributed by atoms with Gasteiger partial charge in [0.25, 0.3) is 0 Å². The maximum Gasteiger partial charge on any atom is 0.227 e. The largest absolute Gasteiger partial charge is 0.494 e. The Hall–Kier alpha value is -2.33. The van der Waals surface area contributed by atoms with E-state index in [0.29, 0.717) is 13.0 Å². The first kappa shape index (κ1) is 17.5. The van der Waals surface area contributed by atoms with E-state index < -0.39 is 0 Å². The van der Waals surface area contributed by atoms with Gasteiger partial charge in [-0.2, -0.15) is 0 Å². The van der Waals surface area contributed by atoms with Crippen molar-refractivity contribution in [2.24, 2.45) is 0 Å². The minimum absolute atomic E-state index is 0.212. The zero-order valence-electron chi connectivity index (χ0n) is 14.9. The van der Waals surface area contributed by atoms with Crippen molar-refractivity contribution in [1.29, 1.82) is 0 Å². The van der Waals surface area contributed by atoms with Crippen molar-refractivity contribution in [3.05, 3.63) is 65.7 Å². The summed E-state index contributed by atoms with van der Waals surface area (Å²) in [6.45, 7) is 7.07. The molecule has 1 aliphatic heterocycles. The Kier molecular flexibility index (Phi) is 6.07. The molecule has 0 aromatic heterocycles. The lowest BCUT2D eigenvalue weighted by Crippen LogP contribution is -2.48. The number of hydrogen-bond acceptors (Lipinski definition) is 3. The van der Waals surface area contributed by atoms with Gasteiger partial charge in [-0.1, -0.05) is 42.5 Å². The summed E-state index contributed by atoms with van der Waals surface area (Å²) in [5, 5.41) is 0. The van der Waals surface area contributed by atoms with Gasteiger partial charge < -0.3 is 9.64 Å². The van der Waals surface area contributed by atoms with Crippen molar-refractivity contribution in [1.82, 2.24) is 9.80 Å². The molecule has 4 heteroatoms. The first-order chi connectivity index (χ1) is 12.2. The minimum Gasteiger partial charge on any atom is -0.494 e. The lowest BCUT2D eigenvalue weighted by atomic mass is 10.1. The van der Waals surface area contributed by atoms with E-state index in [-0.39, 0.29) is 5.91 Å². The monoisotopic (exact) mass is 338 g/mol. The SMILES string of the molecule is CCOc1ccc(CC(=O)N2CCN(Cc3ccccc3)CC2)cc1. The van der Waals surface area contributed by atoms with Gasteiger partial charge in [0.05, 0.1) is 13.0 Å². The van der Waals surface area contributed by atoms with Crippen LogP contribution < -0.4 is 4.74 Å². The average molecular weight is 338 g/mol. The summed E-state index contributed by atoms with van der Waals surface area (Å²) in [6.07, 6.45) is 0.463. The molecule has 0 aliphatic carbocycles. The highest BCUT2D eigenvalue weighted by molar-refractivity contribution is 5.79. The Morgan fingerprint density at radius 3 is 2.24 bits per heavy atom. The van der Waals surface area contributed by atoms with Crippen LogP contribution in [0.5, 0.6) is 5.75 Å². The molecule has 2 aromatic rings. The quantitative estimate of drug-likeness (QED) is 0.812. The van der Waals surface area contributed by atoms with E-state index in [1.807, 2.05) is 42.2 Å². The lowest BCUT2D eigenvalue weighted by molar-refractivity contribution is -0.132. The molecule has 25 heavy (non-hydrogen) atoms.